The summed E-state index contributed by atoms with van der Waals surface area (Å²) in [5.41, 5.74) is -0.285. The molecule has 0 amide bonds. The van der Waals surface area contributed by atoms with E-state index in [0.717, 1.165) is 18.2 Å². The highest BCUT2D eigenvalue weighted by molar-refractivity contribution is 5.74. The second kappa shape index (κ2) is 3.29. The molecule has 1 heterocycles. The molecule has 0 spiro atoms. The molecular weight excluding hydrogens is 229 g/mol. The molecule has 0 aromatic heterocycles. The minimum absolute atomic E-state index is 0.258. The van der Waals surface area contributed by atoms with Crippen LogP contribution in [0.2, 0.25) is 0 Å². The fourth-order valence-corrected chi connectivity index (χ4v) is 1.27. The second-order valence-electron chi connectivity index (χ2n) is 3.07. The van der Waals surface area contributed by atoms with Crippen molar-refractivity contribution < 1.29 is 32.5 Å². The van der Waals surface area contributed by atoms with E-state index in [1.807, 2.05) is 0 Å². The normalized spacial score (nSPS) is 18.2. The Kier molecular flexibility index (Phi) is 2.18. The van der Waals surface area contributed by atoms with E-state index in [4.69, 9.17) is 5.11 Å². The van der Waals surface area contributed by atoms with Gasteiger partial charge in [-0.15, -0.1) is 8.78 Å². The first-order chi connectivity index (χ1) is 7.39. The monoisotopic (exact) mass is 234 g/mol. The molecule has 1 aliphatic rings. The van der Waals surface area contributed by atoms with Crippen LogP contribution < -0.4 is 9.47 Å². The Labute approximate surface area is 87.2 Å². The highest BCUT2D eigenvalue weighted by Crippen LogP contribution is 2.42. The smallest absolute Gasteiger partial charge is 0.479 e. The summed E-state index contributed by atoms with van der Waals surface area (Å²) < 4.78 is 46.3. The minimum Gasteiger partial charge on any atom is -0.479 e. The third kappa shape index (κ3) is 1.75. The number of hydrogen-bond acceptors (Lipinski definition) is 3. The summed E-state index contributed by atoms with van der Waals surface area (Å²) in [6.07, 6.45) is -6.08. The maximum Gasteiger partial charge on any atom is 0.586 e. The van der Waals surface area contributed by atoms with Gasteiger partial charge in [0.15, 0.2) is 11.5 Å². The van der Waals surface area contributed by atoms with Crippen LogP contribution in [0.15, 0.2) is 18.2 Å². The number of alkyl halides is 3. The number of rotatable bonds is 2. The maximum absolute atomic E-state index is 13.0. The lowest BCUT2D eigenvalue weighted by molar-refractivity contribution is -0.286. The van der Waals surface area contributed by atoms with Crippen LogP contribution in [-0.4, -0.2) is 17.4 Å². The molecule has 16 heavy (non-hydrogen) atoms. The molecule has 2 rings (SSSR count). The van der Waals surface area contributed by atoms with Crippen molar-refractivity contribution >= 4 is 5.97 Å². The van der Waals surface area contributed by atoms with Gasteiger partial charge in [-0.05, 0) is 12.1 Å². The maximum atomic E-state index is 13.0. The van der Waals surface area contributed by atoms with Gasteiger partial charge >= 0.3 is 12.3 Å². The van der Waals surface area contributed by atoms with Crippen LogP contribution >= 0.6 is 0 Å². The molecule has 0 saturated heterocycles. The Morgan fingerprint density at radius 3 is 2.56 bits per heavy atom. The zero-order chi connectivity index (χ0) is 11.9. The molecule has 0 saturated carbocycles. The van der Waals surface area contributed by atoms with E-state index in [1.165, 1.54) is 0 Å². The number of carboxylic acid groups (broad SMARTS) is 1. The Balaban J connectivity index is 2.32. The van der Waals surface area contributed by atoms with Crippen LogP contribution in [0.5, 0.6) is 11.5 Å². The molecule has 0 aliphatic carbocycles. The zero-order valence-electron chi connectivity index (χ0n) is 7.62. The zero-order valence-corrected chi connectivity index (χ0v) is 7.62. The number of ether oxygens (including phenoxy) is 2. The molecule has 0 fully saturated rings. The van der Waals surface area contributed by atoms with Crippen LogP contribution in [-0.2, 0) is 4.79 Å². The molecule has 86 valence electrons. The summed E-state index contributed by atoms with van der Waals surface area (Å²) in [6.45, 7) is 0. The van der Waals surface area contributed by atoms with Gasteiger partial charge in [0.2, 0.25) is 6.17 Å². The predicted molar refractivity (Wildman–Crippen MR) is 44.1 cm³/mol. The van der Waals surface area contributed by atoms with Crippen LogP contribution in [0.25, 0.3) is 0 Å². The number of hydrogen-bond donors (Lipinski definition) is 1. The van der Waals surface area contributed by atoms with Crippen molar-refractivity contribution in [2.24, 2.45) is 0 Å². The number of carboxylic acids is 1. The van der Waals surface area contributed by atoms with E-state index >= 15 is 0 Å². The summed E-state index contributed by atoms with van der Waals surface area (Å²) in [7, 11) is 0. The van der Waals surface area contributed by atoms with Crippen molar-refractivity contribution in [3.05, 3.63) is 23.8 Å². The summed E-state index contributed by atoms with van der Waals surface area (Å²) >= 11 is 0. The Bertz CT molecular complexity index is 446. The number of aliphatic carboxylic acids is 1. The first-order valence-electron chi connectivity index (χ1n) is 4.16. The van der Waals surface area contributed by atoms with Gasteiger partial charge in [0, 0.05) is 5.56 Å². The van der Waals surface area contributed by atoms with E-state index in [1.54, 1.807) is 0 Å². The van der Waals surface area contributed by atoms with E-state index < -0.39 is 18.4 Å². The molecule has 1 aliphatic heterocycles. The van der Waals surface area contributed by atoms with E-state index in [2.05, 4.69) is 9.47 Å². The predicted octanol–water partition coefficient (Wildman–Crippen LogP) is 2.10. The number of benzene rings is 1. The number of halogens is 3. The fraction of sp³-hybridized carbons (Fsp3) is 0.222. The Morgan fingerprint density at radius 1 is 1.31 bits per heavy atom. The third-order valence-electron chi connectivity index (χ3n) is 1.93. The molecule has 1 N–H and O–H groups in total. The fourth-order valence-electron chi connectivity index (χ4n) is 1.27. The quantitative estimate of drug-likeness (QED) is 0.851. The van der Waals surface area contributed by atoms with Crippen molar-refractivity contribution in [3.63, 3.8) is 0 Å². The Morgan fingerprint density at radius 2 is 1.94 bits per heavy atom. The lowest BCUT2D eigenvalue weighted by atomic mass is 10.1. The SMILES string of the molecule is O=C(O)C(F)c1ccc2c(c1)OC(F)(F)O2. The van der Waals surface area contributed by atoms with E-state index in [9.17, 15) is 18.0 Å². The van der Waals surface area contributed by atoms with Gasteiger partial charge in [0.25, 0.3) is 0 Å². The average Bonchev–Trinajstić information content (AvgIpc) is 2.48. The van der Waals surface area contributed by atoms with Crippen LogP contribution in [0.3, 0.4) is 0 Å². The third-order valence-corrected chi connectivity index (χ3v) is 1.93. The topological polar surface area (TPSA) is 55.8 Å². The van der Waals surface area contributed by atoms with Crippen LogP contribution in [0.1, 0.15) is 11.7 Å². The number of fused-ring (bicyclic) bond motifs is 1. The lowest BCUT2D eigenvalue weighted by Gasteiger charge is -2.04. The molecular formula is C9H5F3O4. The molecule has 1 atom stereocenters. The minimum atomic E-state index is -3.80. The lowest BCUT2D eigenvalue weighted by Crippen LogP contribution is -2.25. The van der Waals surface area contributed by atoms with Crippen molar-refractivity contribution in [1.29, 1.82) is 0 Å². The molecule has 0 radical (unpaired) electrons. The van der Waals surface area contributed by atoms with Gasteiger partial charge < -0.3 is 14.6 Å². The van der Waals surface area contributed by atoms with Crippen LogP contribution in [0.4, 0.5) is 13.2 Å². The van der Waals surface area contributed by atoms with Crippen molar-refractivity contribution in [1.82, 2.24) is 0 Å². The molecule has 4 nitrogen and oxygen atoms in total. The summed E-state index contributed by atoms with van der Waals surface area (Å²) in [6, 6.07) is 2.94. The van der Waals surface area contributed by atoms with Gasteiger partial charge in [-0.25, -0.2) is 9.18 Å². The van der Waals surface area contributed by atoms with Crippen LogP contribution in [0, 0.1) is 0 Å². The van der Waals surface area contributed by atoms with E-state index in [-0.39, 0.29) is 17.1 Å². The largest absolute Gasteiger partial charge is 0.586 e. The van der Waals surface area contributed by atoms with Gasteiger partial charge in [0.1, 0.15) is 0 Å². The summed E-state index contributed by atoms with van der Waals surface area (Å²) in [5.74, 6) is -2.34. The van der Waals surface area contributed by atoms with Gasteiger partial charge in [-0.3, -0.25) is 0 Å². The molecule has 0 bridgehead atoms. The molecule has 7 heteroatoms. The van der Waals surface area contributed by atoms with Crippen molar-refractivity contribution in [3.8, 4) is 11.5 Å². The van der Waals surface area contributed by atoms with Gasteiger partial charge in [-0.2, -0.15) is 0 Å². The van der Waals surface area contributed by atoms with Gasteiger partial charge in [0.05, 0.1) is 0 Å². The summed E-state index contributed by atoms with van der Waals surface area (Å²) in [4.78, 5) is 10.3. The van der Waals surface area contributed by atoms with Crippen molar-refractivity contribution in [2.75, 3.05) is 0 Å². The van der Waals surface area contributed by atoms with E-state index in [0.29, 0.717) is 0 Å². The highest BCUT2D eigenvalue weighted by atomic mass is 19.3. The average molecular weight is 234 g/mol. The first kappa shape index (κ1) is 10.6. The number of carbonyl (C=O) groups is 1. The molecule has 1 aromatic rings. The molecule has 1 unspecified atom stereocenters. The first-order valence-corrected chi connectivity index (χ1v) is 4.16. The second-order valence-corrected chi connectivity index (χ2v) is 3.07. The van der Waals surface area contributed by atoms with Gasteiger partial charge in [-0.1, -0.05) is 6.07 Å². The standard InChI is InChI=1S/C9H5F3O4/c10-7(8(13)14)4-1-2-5-6(3-4)16-9(11,12)15-5/h1-3,7H,(H,13,14). The summed E-state index contributed by atoms with van der Waals surface area (Å²) in [5, 5.41) is 8.39. The van der Waals surface area contributed by atoms with Crippen molar-refractivity contribution in [2.45, 2.75) is 12.5 Å². The Hall–Kier alpha value is -1.92. The highest BCUT2D eigenvalue weighted by Gasteiger charge is 2.43. The molecule has 1 aromatic carbocycles.